The van der Waals surface area contributed by atoms with Crippen molar-refractivity contribution in [2.75, 3.05) is 11.1 Å². The third-order valence-electron chi connectivity index (χ3n) is 3.03. The fourth-order valence-electron chi connectivity index (χ4n) is 1.89. The lowest BCUT2D eigenvalue weighted by Gasteiger charge is -2.09. The second-order valence-electron chi connectivity index (χ2n) is 5.09. The van der Waals surface area contributed by atoms with Gasteiger partial charge in [0, 0.05) is 11.4 Å². The normalized spacial score (nSPS) is 10.0. The molecule has 0 unspecified atom stereocenters. The number of carbonyl (C=O) groups is 1. The number of amides is 1. The molecule has 0 bridgehead atoms. The minimum atomic E-state index is -0.0804. The number of benzene rings is 1. The molecule has 21 heavy (non-hydrogen) atoms. The first-order valence-corrected chi connectivity index (χ1v) is 6.65. The van der Waals surface area contributed by atoms with Crippen LogP contribution >= 0.6 is 12.4 Å². The third kappa shape index (κ3) is 5.08. The van der Waals surface area contributed by atoms with Gasteiger partial charge in [-0.3, -0.25) is 9.78 Å². The molecule has 0 saturated heterocycles. The molecule has 1 aromatic heterocycles. The van der Waals surface area contributed by atoms with E-state index < -0.39 is 0 Å². The zero-order valence-electron chi connectivity index (χ0n) is 12.2. The summed E-state index contributed by atoms with van der Waals surface area (Å²) < 4.78 is 0. The highest BCUT2D eigenvalue weighted by molar-refractivity contribution is 5.92. The van der Waals surface area contributed by atoms with Gasteiger partial charge in [-0.2, -0.15) is 0 Å². The molecule has 0 aliphatic heterocycles. The Bertz CT molecular complexity index is 597. The van der Waals surface area contributed by atoms with Gasteiger partial charge in [0.1, 0.15) is 0 Å². The summed E-state index contributed by atoms with van der Waals surface area (Å²) in [5.41, 5.74) is 8.88. The van der Waals surface area contributed by atoms with Crippen LogP contribution in [0.3, 0.4) is 0 Å². The first-order chi connectivity index (χ1) is 9.54. The number of nitrogens with two attached hydrogens (primary N) is 1. The van der Waals surface area contributed by atoms with Crippen molar-refractivity contribution >= 4 is 29.7 Å². The Morgan fingerprint density at radius 2 is 2.05 bits per heavy atom. The van der Waals surface area contributed by atoms with E-state index in [2.05, 4.69) is 30.2 Å². The van der Waals surface area contributed by atoms with Crippen molar-refractivity contribution in [1.29, 1.82) is 0 Å². The Labute approximate surface area is 131 Å². The lowest BCUT2D eigenvalue weighted by molar-refractivity contribution is -0.115. The quantitative estimate of drug-likeness (QED) is 0.909. The van der Waals surface area contributed by atoms with Crippen molar-refractivity contribution in [2.24, 2.45) is 0 Å². The number of rotatable bonds is 4. The summed E-state index contributed by atoms with van der Waals surface area (Å²) in [6.07, 6.45) is 1.80. The van der Waals surface area contributed by atoms with Gasteiger partial charge in [-0.05, 0) is 35.7 Å². The summed E-state index contributed by atoms with van der Waals surface area (Å²) in [5.74, 6) is 0.355. The van der Waals surface area contributed by atoms with Crippen LogP contribution in [0, 0.1) is 0 Å². The van der Waals surface area contributed by atoms with E-state index in [-0.39, 0.29) is 24.7 Å². The first-order valence-electron chi connectivity index (χ1n) is 6.65. The van der Waals surface area contributed by atoms with Crippen LogP contribution in [0.5, 0.6) is 0 Å². The molecule has 1 amide bonds. The number of aromatic nitrogens is 1. The number of hydrogen-bond donors (Lipinski definition) is 2. The molecule has 112 valence electrons. The van der Waals surface area contributed by atoms with Crippen molar-refractivity contribution < 1.29 is 4.79 Å². The maximum atomic E-state index is 12.0. The predicted molar refractivity (Wildman–Crippen MR) is 88.8 cm³/mol. The molecule has 4 nitrogen and oxygen atoms in total. The van der Waals surface area contributed by atoms with Gasteiger partial charge in [-0.15, -0.1) is 12.4 Å². The summed E-state index contributed by atoms with van der Waals surface area (Å²) in [6.45, 7) is 4.25. The molecule has 1 heterocycles. The average Bonchev–Trinajstić information content (AvgIpc) is 2.41. The third-order valence-corrected chi connectivity index (χ3v) is 3.03. The van der Waals surface area contributed by atoms with Gasteiger partial charge < -0.3 is 11.1 Å². The number of pyridine rings is 1. The highest BCUT2D eigenvalue weighted by Crippen LogP contribution is 2.18. The molecule has 5 heteroatoms. The molecule has 0 atom stereocenters. The first kappa shape index (κ1) is 17.0. The van der Waals surface area contributed by atoms with Crippen LogP contribution in [-0.2, 0) is 11.2 Å². The molecular formula is C16H20ClN3O. The largest absolute Gasteiger partial charge is 0.397 e. The molecule has 0 spiro atoms. The van der Waals surface area contributed by atoms with Gasteiger partial charge >= 0.3 is 0 Å². The molecule has 2 rings (SSSR count). The molecule has 0 saturated carbocycles. The number of halogens is 1. The van der Waals surface area contributed by atoms with Crippen LogP contribution < -0.4 is 11.1 Å². The highest BCUT2D eigenvalue weighted by Gasteiger charge is 2.06. The van der Waals surface area contributed by atoms with Crippen LogP contribution in [0.2, 0.25) is 0 Å². The van der Waals surface area contributed by atoms with E-state index in [1.165, 1.54) is 5.56 Å². The van der Waals surface area contributed by atoms with Crippen LogP contribution in [0.4, 0.5) is 11.4 Å². The molecule has 2 aromatic rings. The summed E-state index contributed by atoms with van der Waals surface area (Å²) >= 11 is 0. The van der Waals surface area contributed by atoms with E-state index in [4.69, 9.17) is 5.73 Å². The topological polar surface area (TPSA) is 68.0 Å². The minimum Gasteiger partial charge on any atom is -0.397 e. The minimum absolute atomic E-state index is 0. The number of nitrogens with one attached hydrogen (secondary N) is 1. The van der Waals surface area contributed by atoms with Crippen LogP contribution in [0.15, 0.2) is 42.6 Å². The number of carbonyl (C=O) groups excluding carboxylic acids is 1. The summed E-state index contributed by atoms with van der Waals surface area (Å²) in [6, 6.07) is 11.4. The fraction of sp³-hybridized carbons (Fsp3) is 0.250. The number of nitrogen functional groups attached to an aromatic ring is 1. The monoisotopic (exact) mass is 305 g/mol. The van der Waals surface area contributed by atoms with Gasteiger partial charge in [-0.1, -0.05) is 26.0 Å². The molecule has 0 aliphatic rings. The summed E-state index contributed by atoms with van der Waals surface area (Å²) in [7, 11) is 0. The van der Waals surface area contributed by atoms with Crippen LogP contribution in [0.25, 0.3) is 0 Å². The van der Waals surface area contributed by atoms with Gasteiger partial charge in [-0.25, -0.2) is 0 Å². The fourth-order valence-corrected chi connectivity index (χ4v) is 1.89. The maximum Gasteiger partial charge on any atom is 0.230 e. The SMILES string of the molecule is CC(C)c1cccc(NC(=O)Cc2ccc(N)cn2)c1.Cl. The van der Waals surface area contributed by atoms with E-state index >= 15 is 0 Å². The van der Waals surface area contributed by atoms with Crippen molar-refractivity contribution in [2.45, 2.75) is 26.2 Å². The second kappa shape index (κ2) is 7.64. The second-order valence-corrected chi connectivity index (χ2v) is 5.09. The van der Waals surface area contributed by atoms with Gasteiger partial charge in [0.15, 0.2) is 0 Å². The van der Waals surface area contributed by atoms with Crippen LogP contribution in [0.1, 0.15) is 31.0 Å². The average molecular weight is 306 g/mol. The number of nitrogens with zero attached hydrogens (tertiary/aromatic N) is 1. The molecule has 3 N–H and O–H groups in total. The Balaban J connectivity index is 0.00000220. The Hall–Kier alpha value is -2.07. The highest BCUT2D eigenvalue weighted by atomic mass is 35.5. The molecule has 0 radical (unpaired) electrons. The summed E-state index contributed by atoms with van der Waals surface area (Å²) in [5, 5.41) is 2.89. The van der Waals surface area contributed by atoms with Crippen LogP contribution in [-0.4, -0.2) is 10.9 Å². The van der Waals surface area contributed by atoms with Gasteiger partial charge in [0.2, 0.25) is 5.91 Å². The van der Waals surface area contributed by atoms with E-state index in [0.717, 1.165) is 5.69 Å². The maximum absolute atomic E-state index is 12.0. The van der Waals surface area contributed by atoms with Crippen molar-refractivity contribution in [3.8, 4) is 0 Å². The van der Waals surface area contributed by atoms with E-state index in [1.807, 2.05) is 18.2 Å². The van der Waals surface area contributed by atoms with Crippen molar-refractivity contribution in [3.05, 3.63) is 53.9 Å². The van der Waals surface area contributed by atoms with Gasteiger partial charge in [0.25, 0.3) is 0 Å². The summed E-state index contributed by atoms with van der Waals surface area (Å²) in [4.78, 5) is 16.1. The van der Waals surface area contributed by atoms with Gasteiger partial charge in [0.05, 0.1) is 18.3 Å². The van der Waals surface area contributed by atoms with E-state index in [9.17, 15) is 4.79 Å². The smallest absolute Gasteiger partial charge is 0.230 e. The zero-order chi connectivity index (χ0) is 14.5. The lowest BCUT2D eigenvalue weighted by Crippen LogP contribution is -2.15. The standard InChI is InChI=1S/C16H19N3O.ClH/c1-11(2)12-4-3-5-15(8-12)19-16(20)9-14-7-6-13(17)10-18-14;/h3-8,10-11H,9,17H2,1-2H3,(H,19,20);1H. The Morgan fingerprint density at radius 1 is 1.29 bits per heavy atom. The zero-order valence-corrected chi connectivity index (χ0v) is 13.0. The Kier molecular flexibility index (Phi) is 6.18. The molecule has 1 aromatic carbocycles. The molecular weight excluding hydrogens is 286 g/mol. The number of anilines is 2. The van der Waals surface area contributed by atoms with Crippen molar-refractivity contribution in [1.82, 2.24) is 4.98 Å². The van der Waals surface area contributed by atoms with E-state index in [0.29, 0.717) is 17.3 Å². The number of hydrogen-bond acceptors (Lipinski definition) is 3. The molecule has 0 fully saturated rings. The Morgan fingerprint density at radius 3 is 2.67 bits per heavy atom. The predicted octanol–water partition coefficient (Wildman–Crippen LogP) is 3.39. The lowest BCUT2D eigenvalue weighted by atomic mass is 10.0. The van der Waals surface area contributed by atoms with E-state index in [1.54, 1.807) is 18.3 Å². The van der Waals surface area contributed by atoms with Crippen molar-refractivity contribution in [3.63, 3.8) is 0 Å². The molecule has 0 aliphatic carbocycles.